The summed E-state index contributed by atoms with van der Waals surface area (Å²) in [5, 5.41) is 7.70. The third-order valence-corrected chi connectivity index (χ3v) is 6.29. The van der Waals surface area contributed by atoms with Crippen molar-refractivity contribution in [2.24, 2.45) is 0 Å². The number of thiazole rings is 1. The summed E-state index contributed by atoms with van der Waals surface area (Å²) in [6.07, 6.45) is 0. The van der Waals surface area contributed by atoms with Crippen molar-refractivity contribution in [1.82, 2.24) is 10.3 Å². The number of hydrogen-bond donors (Lipinski definition) is 2. The van der Waals surface area contributed by atoms with Crippen molar-refractivity contribution in [3.63, 3.8) is 0 Å². The molecule has 1 heterocycles. The average molecular weight is 493 g/mol. The van der Waals surface area contributed by atoms with Gasteiger partial charge in [-0.2, -0.15) is 0 Å². The Kier molecular flexibility index (Phi) is 6.22. The van der Waals surface area contributed by atoms with Crippen LogP contribution in [-0.2, 0) is 0 Å². The molecule has 3 aromatic carbocycles. The van der Waals surface area contributed by atoms with Crippen molar-refractivity contribution >= 4 is 85.3 Å². The Bertz CT molecular complexity index is 1260. The first-order chi connectivity index (χ1) is 14.4. The molecular formula is C21H12Cl3N3OS2. The van der Waals surface area contributed by atoms with E-state index in [4.69, 9.17) is 47.0 Å². The Morgan fingerprint density at radius 3 is 2.50 bits per heavy atom. The molecule has 1 aromatic heterocycles. The number of fused-ring (bicyclic) bond motifs is 1. The lowest BCUT2D eigenvalue weighted by Crippen LogP contribution is -2.34. The number of amides is 1. The summed E-state index contributed by atoms with van der Waals surface area (Å²) in [7, 11) is 0. The predicted octanol–water partition coefficient (Wildman–Crippen LogP) is 7.05. The maximum atomic E-state index is 12.4. The molecule has 9 heteroatoms. The first kappa shape index (κ1) is 21.0. The van der Waals surface area contributed by atoms with E-state index in [2.05, 4.69) is 15.6 Å². The number of para-hydroxylation sites is 1. The van der Waals surface area contributed by atoms with Crippen LogP contribution in [0, 0.1) is 0 Å². The number of hydrogen-bond acceptors (Lipinski definition) is 4. The molecule has 0 radical (unpaired) electrons. The molecule has 4 rings (SSSR count). The summed E-state index contributed by atoms with van der Waals surface area (Å²) in [6, 6.07) is 17.9. The number of aromatic nitrogens is 1. The largest absolute Gasteiger partial charge is 0.332 e. The van der Waals surface area contributed by atoms with Gasteiger partial charge in [0.2, 0.25) is 0 Å². The van der Waals surface area contributed by atoms with Crippen molar-refractivity contribution in [2.75, 3.05) is 5.32 Å². The van der Waals surface area contributed by atoms with Gasteiger partial charge in [0.25, 0.3) is 5.91 Å². The number of halogens is 3. The van der Waals surface area contributed by atoms with Crippen LogP contribution in [0.15, 0.2) is 60.7 Å². The van der Waals surface area contributed by atoms with Crippen molar-refractivity contribution in [1.29, 1.82) is 0 Å². The van der Waals surface area contributed by atoms with Gasteiger partial charge in [-0.1, -0.05) is 46.9 Å². The highest BCUT2D eigenvalue weighted by molar-refractivity contribution is 7.80. The minimum atomic E-state index is -0.439. The van der Waals surface area contributed by atoms with Crippen LogP contribution < -0.4 is 10.6 Å². The van der Waals surface area contributed by atoms with Crippen LogP contribution >= 0.6 is 58.4 Å². The lowest BCUT2D eigenvalue weighted by Gasteiger charge is -2.11. The van der Waals surface area contributed by atoms with Gasteiger partial charge in [0.1, 0.15) is 5.01 Å². The molecule has 0 atom stereocenters. The number of nitrogens with one attached hydrogen (secondary N) is 2. The maximum Gasteiger partial charge on any atom is 0.258 e. The number of thiocarbonyl (C=S) groups is 1. The molecule has 0 aliphatic heterocycles. The Hall–Kier alpha value is -2.22. The smallest absolute Gasteiger partial charge is 0.258 e. The maximum absolute atomic E-state index is 12.4. The highest BCUT2D eigenvalue weighted by Crippen LogP contribution is 2.35. The monoisotopic (exact) mass is 491 g/mol. The van der Waals surface area contributed by atoms with Crippen LogP contribution in [0.2, 0.25) is 15.1 Å². The van der Waals surface area contributed by atoms with Crippen molar-refractivity contribution in [3.05, 3.63) is 81.3 Å². The highest BCUT2D eigenvalue weighted by Gasteiger charge is 2.14. The Morgan fingerprint density at radius 2 is 1.77 bits per heavy atom. The zero-order chi connectivity index (χ0) is 21.3. The Labute approximate surface area is 196 Å². The Morgan fingerprint density at radius 1 is 0.967 bits per heavy atom. The fourth-order valence-electron chi connectivity index (χ4n) is 2.76. The van der Waals surface area contributed by atoms with Gasteiger partial charge in [0.15, 0.2) is 5.11 Å². The molecule has 0 spiro atoms. The summed E-state index contributed by atoms with van der Waals surface area (Å²) >= 11 is 25.2. The highest BCUT2D eigenvalue weighted by atomic mass is 35.5. The fraction of sp³-hybridized carbons (Fsp3) is 0. The number of carbonyl (C=O) groups excluding carboxylic acids is 1. The normalized spacial score (nSPS) is 10.8. The zero-order valence-corrected chi connectivity index (χ0v) is 19.0. The quantitative estimate of drug-likeness (QED) is 0.301. The molecule has 2 N–H and O–H groups in total. The SMILES string of the molecule is O=C(NC(=S)Nc1ccc(-c2nc3ccccc3s2)c(Cl)c1)c1ccc(Cl)cc1Cl. The van der Waals surface area contributed by atoms with E-state index in [9.17, 15) is 4.79 Å². The van der Waals surface area contributed by atoms with Gasteiger partial charge in [-0.05, 0) is 60.7 Å². The van der Waals surface area contributed by atoms with Gasteiger partial charge in [-0.3, -0.25) is 10.1 Å². The van der Waals surface area contributed by atoms with Gasteiger partial charge in [-0.15, -0.1) is 11.3 Å². The lowest BCUT2D eigenvalue weighted by atomic mass is 10.2. The minimum Gasteiger partial charge on any atom is -0.332 e. The van der Waals surface area contributed by atoms with E-state index in [0.29, 0.717) is 15.7 Å². The average Bonchev–Trinajstić information content (AvgIpc) is 3.11. The summed E-state index contributed by atoms with van der Waals surface area (Å²) < 4.78 is 1.09. The molecule has 4 nitrogen and oxygen atoms in total. The van der Waals surface area contributed by atoms with Gasteiger partial charge >= 0.3 is 0 Å². The van der Waals surface area contributed by atoms with E-state index < -0.39 is 5.91 Å². The van der Waals surface area contributed by atoms with E-state index in [1.165, 1.54) is 12.1 Å². The summed E-state index contributed by atoms with van der Waals surface area (Å²) in [5.41, 5.74) is 2.67. The second kappa shape index (κ2) is 8.88. The summed E-state index contributed by atoms with van der Waals surface area (Å²) in [5.74, 6) is -0.439. The molecule has 0 bridgehead atoms. The zero-order valence-electron chi connectivity index (χ0n) is 15.1. The third kappa shape index (κ3) is 4.58. The first-order valence-electron chi connectivity index (χ1n) is 8.63. The number of anilines is 1. The van der Waals surface area contributed by atoms with Crippen LogP contribution in [-0.4, -0.2) is 16.0 Å². The fourth-order valence-corrected chi connectivity index (χ4v) is 4.80. The van der Waals surface area contributed by atoms with Crippen LogP contribution in [0.3, 0.4) is 0 Å². The number of rotatable bonds is 3. The third-order valence-electron chi connectivity index (χ3n) is 4.15. The lowest BCUT2D eigenvalue weighted by molar-refractivity contribution is 0.0978. The van der Waals surface area contributed by atoms with Crippen molar-refractivity contribution < 1.29 is 4.79 Å². The topological polar surface area (TPSA) is 54.0 Å². The van der Waals surface area contributed by atoms with Gasteiger partial charge in [0, 0.05) is 16.3 Å². The minimum absolute atomic E-state index is 0.120. The molecule has 0 unspecified atom stereocenters. The van der Waals surface area contributed by atoms with E-state index in [1.54, 1.807) is 23.5 Å². The van der Waals surface area contributed by atoms with E-state index in [-0.39, 0.29) is 15.7 Å². The van der Waals surface area contributed by atoms with Gasteiger partial charge in [-0.25, -0.2) is 4.98 Å². The number of carbonyl (C=O) groups is 1. The number of nitrogens with zero attached hydrogens (tertiary/aromatic N) is 1. The summed E-state index contributed by atoms with van der Waals surface area (Å²) in [6.45, 7) is 0. The number of benzene rings is 3. The van der Waals surface area contributed by atoms with E-state index in [1.807, 2.05) is 36.4 Å². The molecule has 0 saturated carbocycles. The molecule has 150 valence electrons. The second-order valence-electron chi connectivity index (χ2n) is 6.21. The second-order valence-corrected chi connectivity index (χ2v) is 8.90. The molecule has 0 aliphatic rings. The van der Waals surface area contributed by atoms with Crippen LogP contribution in [0.5, 0.6) is 0 Å². The molecule has 0 fully saturated rings. The molecule has 1 amide bonds. The van der Waals surface area contributed by atoms with Crippen LogP contribution in [0.4, 0.5) is 5.69 Å². The molecule has 0 saturated heterocycles. The van der Waals surface area contributed by atoms with Crippen LogP contribution in [0.25, 0.3) is 20.8 Å². The van der Waals surface area contributed by atoms with Gasteiger partial charge in [0.05, 0.1) is 25.8 Å². The molecular weight excluding hydrogens is 481 g/mol. The standard InChI is InChI=1S/C21H12Cl3N3OS2/c22-11-5-7-13(15(23)9-11)19(28)27-21(29)25-12-6-8-14(16(24)10-12)20-26-17-3-1-2-4-18(17)30-20/h1-10H,(H2,25,27,28,29). The first-order valence-corrected chi connectivity index (χ1v) is 11.0. The summed E-state index contributed by atoms with van der Waals surface area (Å²) in [4.78, 5) is 17.0. The van der Waals surface area contributed by atoms with Crippen molar-refractivity contribution in [2.45, 2.75) is 0 Å². The van der Waals surface area contributed by atoms with Crippen molar-refractivity contribution in [3.8, 4) is 10.6 Å². The van der Waals surface area contributed by atoms with Crippen LogP contribution in [0.1, 0.15) is 10.4 Å². The van der Waals surface area contributed by atoms with Gasteiger partial charge < -0.3 is 5.32 Å². The Balaban J connectivity index is 1.47. The predicted molar refractivity (Wildman–Crippen MR) is 130 cm³/mol. The molecule has 4 aromatic rings. The van der Waals surface area contributed by atoms with E-state index >= 15 is 0 Å². The van der Waals surface area contributed by atoms with E-state index in [0.717, 1.165) is 20.8 Å². The molecule has 0 aliphatic carbocycles. The molecule has 30 heavy (non-hydrogen) atoms.